The second-order valence-corrected chi connectivity index (χ2v) is 9.88. The van der Waals surface area contributed by atoms with Gasteiger partial charge in [0.1, 0.15) is 0 Å². The monoisotopic (exact) mass is 483 g/mol. The lowest BCUT2D eigenvalue weighted by molar-refractivity contribution is -0.137. The minimum absolute atomic E-state index is 0.211. The Morgan fingerprint density at radius 3 is 1.88 bits per heavy atom. The fourth-order valence-corrected chi connectivity index (χ4v) is 3.59. The minimum atomic E-state index is -3.86. The molecule has 7 heteroatoms. The summed E-state index contributed by atoms with van der Waals surface area (Å²) in [6, 6.07) is 9.20. The summed E-state index contributed by atoms with van der Waals surface area (Å²) in [7, 11) is -3.86. The fourth-order valence-electron chi connectivity index (χ4n) is 3.23. The number of carboxylic acids is 1. The molecule has 0 aliphatic heterocycles. The van der Waals surface area contributed by atoms with E-state index < -0.39 is 16.1 Å². The molecule has 0 spiro atoms. The summed E-state index contributed by atoms with van der Waals surface area (Å²) in [4.78, 5) is 10.3. The quantitative estimate of drug-likeness (QED) is 0.110. The number of benzene rings is 1. The maximum Gasteiger partial charge on any atom is 0.303 e. The van der Waals surface area contributed by atoms with E-state index in [4.69, 9.17) is 9.66 Å². The zero-order chi connectivity index (χ0) is 24.6. The number of para-hydroxylation sites is 1. The van der Waals surface area contributed by atoms with Gasteiger partial charge in [-0.1, -0.05) is 88.6 Å². The zero-order valence-electron chi connectivity index (χ0n) is 20.4. The van der Waals surface area contributed by atoms with Gasteiger partial charge in [-0.05, 0) is 44.2 Å². The maximum atomic E-state index is 10.3. The van der Waals surface area contributed by atoms with E-state index in [1.807, 2.05) is 30.3 Å². The highest BCUT2D eigenvalue weighted by Gasteiger charge is 2.02. The van der Waals surface area contributed by atoms with Crippen LogP contribution in [0.4, 0.5) is 5.69 Å². The lowest BCUT2D eigenvalue weighted by atomic mass is 10.1. The molecule has 1 aromatic carbocycles. The number of unbranched alkanes of at least 4 members (excludes halogenated alkanes) is 11. The van der Waals surface area contributed by atoms with Crippen LogP contribution in [0.15, 0.2) is 42.5 Å². The van der Waals surface area contributed by atoms with Gasteiger partial charge in [0.2, 0.25) is 0 Å². The number of allylic oxidation sites excluding steroid dienone is 2. The molecule has 0 radical (unpaired) electrons. The minimum Gasteiger partial charge on any atom is -0.481 e. The lowest BCUT2D eigenvalue weighted by Gasteiger charge is -2.03. The van der Waals surface area contributed by atoms with E-state index in [9.17, 15) is 13.2 Å². The van der Waals surface area contributed by atoms with Crippen LogP contribution in [0.2, 0.25) is 0 Å². The van der Waals surface area contributed by atoms with Crippen molar-refractivity contribution in [1.29, 1.82) is 0 Å². The van der Waals surface area contributed by atoms with Crippen LogP contribution < -0.4 is 5.32 Å². The van der Waals surface area contributed by atoms with E-state index in [1.54, 1.807) is 0 Å². The number of carbonyl (C=O) groups is 1. The molecule has 0 saturated heterocycles. The summed E-state index contributed by atoms with van der Waals surface area (Å²) in [6.07, 6.45) is 21.2. The van der Waals surface area contributed by atoms with Crippen LogP contribution in [-0.2, 0) is 14.9 Å². The van der Waals surface area contributed by atoms with E-state index in [0.29, 0.717) is 6.42 Å². The van der Waals surface area contributed by atoms with E-state index in [-0.39, 0.29) is 12.3 Å². The van der Waals surface area contributed by atoms with Crippen molar-refractivity contribution in [3.63, 3.8) is 0 Å². The normalized spacial score (nSPS) is 11.2. The molecule has 0 fully saturated rings. The molecule has 0 aliphatic carbocycles. The molecule has 3 N–H and O–H groups in total. The number of rotatable bonds is 19. The third-order valence-corrected chi connectivity index (χ3v) is 5.84. The predicted molar refractivity (Wildman–Crippen MR) is 138 cm³/mol. The summed E-state index contributed by atoms with van der Waals surface area (Å²) in [5.74, 6) is -0.940. The van der Waals surface area contributed by atoms with Crippen LogP contribution in [-0.4, -0.2) is 36.3 Å². The standard InChI is InChI=1S/C18H34O2.C8H11NO3S/c1-2-3-4-5-6-7-8-9-10-11-12-13-14-15-16-17-18(19)20;10-13(11,12)7-6-9-8-4-2-1-3-5-8/h9-10H,2-8,11-17H2,1H3,(H,19,20);1-5,9H,6-7H2,(H,10,11,12)/b10-9-;. The van der Waals surface area contributed by atoms with E-state index in [2.05, 4.69) is 24.4 Å². The van der Waals surface area contributed by atoms with Crippen LogP contribution in [0.5, 0.6) is 0 Å². The van der Waals surface area contributed by atoms with Crippen LogP contribution >= 0.6 is 0 Å². The first-order valence-corrected chi connectivity index (χ1v) is 14.1. The van der Waals surface area contributed by atoms with Crippen molar-refractivity contribution in [2.45, 2.75) is 96.8 Å². The van der Waals surface area contributed by atoms with E-state index in [0.717, 1.165) is 18.5 Å². The molecule has 0 heterocycles. The summed E-state index contributed by atoms with van der Waals surface area (Å²) in [5, 5.41) is 11.4. The van der Waals surface area contributed by atoms with Gasteiger partial charge in [-0.2, -0.15) is 8.42 Å². The SMILES string of the molecule is CCCCCCCC/C=C\CCCCCCCC(=O)O.O=S(=O)(O)CCNc1ccccc1. The van der Waals surface area contributed by atoms with Gasteiger partial charge in [0.25, 0.3) is 10.1 Å². The van der Waals surface area contributed by atoms with Crippen LogP contribution in [0.1, 0.15) is 96.8 Å². The number of nitrogens with one attached hydrogen (secondary N) is 1. The average molecular weight is 484 g/mol. The Balaban J connectivity index is 0.000000676. The van der Waals surface area contributed by atoms with Crippen molar-refractivity contribution in [1.82, 2.24) is 0 Å². The van der Waals surface area contributed by atoms with Crippen molar-refractivity contribution in [3.8, 4) is 0 Å². The molecular formula is C26H45NO5S. The number of anilines is 1. The molecule has 0 amide bonds. The van der Waals surface area contributed by atoms with Crippen LogP contribution in [0.3, 0.4) is 0 Å². The Morgan fingerprint density at radius 1 is 0.848 bits per heavy atom. The molecular weight excluding hydrogens is 438 g/mol. The molecule has 0 aliphatic rings. The van der Waals surface area contributed by atoms with Crippen molar-refractivity contribution >= 4 is 21.8 Å². The van der Waals surface area contributed by atoms with Gasteiger partial charge in [-0.15, -0.1) is 0 Å². The van der Waals surface area contributed by atoms with E-state index >= 15 is 0 Å². The first-order valence-electron chi connectivity index (χ1n) is 12.5. The highest BCUT2D eigenvalue weighted by molar-refractivity contribution is 7.85. The van der Waals surface area contributed by atoms with Gasteiger partial charge in [-0.3, -0.25) is 9.35 Å². The number of hydrogen-bond acceptors (Lipinski definition) is 4. The number of aliphatic carboxylic acids is 1. The number of hydrogen-bond donors (Lipinski definition) is 3. The molecule has 0 atom stereocenters. The summed E-state index contributed by atoms with van der Waals surface area (Å²) in [6.45, 7) is 2.47. The van der Waals surface area contributed by atoms with Crippen molar-refractivity contribution in [3.05, 3.63) is 42.5 Å². The van der Waals surface area contributed by atoms with Gasteiger partial charge in [0, 0.05) is 18.7 Å². The predicted octanol–water partition coefficient (Wildman–Crippen LogP) is 7.09. The molecule has 0 unspecified atom stereocenters. The van der Waals surface area contributed by atoms with Crippen molar-refractivity contribution in [2.24, 2.45) is 0 Å². The number of carboxylic acid groups (broad SMARTS) is 1. The Morgan fingerprint density at radius 2 is 1.36 bits per heavy atom. The Kier molecular flexibility index (Phi) is 20.7. The van der Waals surface area contributed by atoms with Crippen LogP contribution in [0, 0.1) is 0 Å². The molecule has 0 saturated carbocycles. The summed E-state index contributed by atoms with van der Waals surface area (Å²) >= 11 is 0. The van der Waals surface area contributed by atoms with Crippen molar-refractivity contribution < 1.29 is 22.9 Å². The highest BCUT2D eigenvalue weighted by Crippen LogP contribution is 2.10. The van der Waals surface area contributed by atoms with Gasteiger partial charge in [0.05, 0.1) is 5.75 Å². The summed E-state index contributed by atoms with van der Waals surface area (Å²) in [5.41, 5.74) is 0.839. The molecule has 33 heavy (non-hydrogen) atoms. The fraction of sp³-hybridized carbons (Fsp3) is 0.654. The molecule has 0 aromatic heterocycles. The second-order valence-electron chi connectivity index (χ2n) is 8.31. The zero-order valence-corrected chi connectivity index (χ0v) is 21.2. The van der Waals surface area contributed by atoms with Crippen molar-refractivity contribution in [2.75, 3.05) is 17.6 Å². The molecule has 190 valence electrons. The van der Waals surface area contributed by atoms with Crippen LogP contribution in [0.25, 0.3) is 0 Å². The third-order valence-electron chi connectivity index (χ3n) is 5.12. The third kappa shape index (κ3) is 26.3. The maximum absolute atomic E-state index is 10.3. The molecule has 1 aromatic rings. The molecule has 6 nitrogen and oxygen atoms in total. The smallest absolute Gasteiger partial charge is 0.303 e. The first kappa shape index (κ1) is 31.1. The Hall–Kier alpha value is -1.86. The summed E-state index contributed by atoms with van der Waals surface area (Å²) < 4.78 is 29.1. The Bertz CT molecular complexity index is 705. The van der Waals surface area contributed by atoms with Gasteiger partial charge in [-0.25, -0.2) is 0 Å². The Labute approximate surface area is 201 Å². The lowest BCUT2D eigenvalue weighted by Crippen LogP contribution is -2.14. The largest absolute Gasteiger partial charge is 0.481 e. The topological polar surface area (TPSA) is 104 Å². The highest BCUT2D eigenvalue weighted by atomic mass is 32.2. The van der Waals surface area contributed by atoms with Gasteiger partial charge in [0.15, 0.2) is 0 Å². The second kappa shape index (κ2) is 22.0. The molecule has 1 rings (SSSR count). The average Bonchev–Trinajstić information content (AvgIpc) is 2.76. The first-order chi connectivity index (χ1) is 15.8. The van der Waals surface area contributed by atoms with Gasteiger partial charge >= 0.3 is 5.97 Å². The van der Waals surface area contributed by atoms with E-state index in [1.165, 1.54) is 70.6 Å². The van der Waals surface area contributed by atoms with Gasteiger partial charge < -0.3 is 10.4 Å². The molecule has 0 bridgehead atoms.